The molecule has 2 aromatic rings. The van der Waals surface area contributed by atoms with Gasteiger partial charge in [-0.2, -0.15) is 5.10 Å². The number of pyridine rings is 1. The van der Waals surface area contributed by atoms with Crippen LogP contribution in [0.15, 0.2) is 18.6 Å². The van der Waals surface area contributed by atoms with Crippen LogP contribution in [-0.4, -0.2) is 64.4 Å². The van der Waals surface area contributed by atoms with E-state index in [9.17, 15) is 4.79 Å². The molecular formula is C16H21N5O3. The van der Waals surface area contributed by atoms with Gasteiger partial charge in [-0.05, 0) is 25.0 Å². The van der Waals surface area contributed by atoms with Crippen molar-refractivity contribution in [3.05, 3.63) is 35.7 Å². The lowest BCUT2D eigenvalue weighted by atomic mass is 10.0. The lowest BCUT2D eigenvalue weighted by Gasteiger charge is -2.24. The molecule has 0 bridgehead atoms. The number of nitrogens with one attached hydrogen (secondary N) is 1. The van der Waals surface area contributed by atoms with Crippen LogP contribution in [-0.2, 0) is 4.74 Å². The second-order valence-electron chi connectivity index (χ2n) is 5.92. The van der Waals surface area contributed by atoms with Crippen LogP contribution >= 0.6 is 0 Å². The van der Waals surface area contributed by atoms with Crippen molar-refractivity contribution in [3.8, 4) is 5.75 Å². The Kier molecular flexibility index (Phi) is 4.75. The molecule has 1 aliphatic heterocycles. The van der Waals surface area contributed by atoms with E-state index in [1.54, 1.807) is 24.2 Å². The van der Waals surface area contributed by atoms with Crippen molar-refractivity contribution in [3.63, 3.8) is 0 Å². The van der Waals surface area contributed by atoms with Gasteiger partial charge in [-0.1, -0.05) is 0 Å². The van der Waals surface area contributed by atoms with Gasteiger partial charge in [0, 0.05) is 32.3 Å². The van der Waals surface area contributed by atoms with Gasteiger partial charge in [-0.15, -0.1) is 0 Å². The van der Waals surface area contributed by atoms with Gasteiger partial charge in [0.1, 0.15) is 17.9 Å². The third kappa shape index (κ3) is 3.23. The van der Waals surface area contributed by atoms with E-state index >= 15 is 0 Å². The topological polar surface area (TPSA) is 93.2 Å². The van der Waals surface area contributed by atoms with Gasteiger partial charge in [-0.25, -0.2) is 9.97 Å². The van der Waals surface area contributed by atoms with Crippen molar-refractivity contribution in [2.24, 2.45) is 0 Å². The van der Waals surface area contributed by atoms with E-state index in [0.29, 0.717) is 24.6 Å². The number of likely N-dealkylation sites (N-methyl/N-ethyl adjacent to an activating group) is 1. The number of ether oxygens (including phenoxy) is 2. The van der Waals surface area contributed by atoms with Crippen LogP contribution in [0, 0.1) is 6.92 Å². The number of nitrogens with zero attached hydrogens (tertiary/aromatic N) is 4. The van der Waals surface area contributed by atoms with Gasteiger partial charge in [0.15, 0.2) is 5.69 Å². The molecule has 128 valence electrons. The normalized spacial score (nSPS) is 20.1. The molecular weight excluding hydrogens is 310 g/mol. The number of carbonyl (C=O) groups is 1. The van der Waals surface area contributed by atoms with E-state index in [2.05, 4.69) is 20.2 Å². The highest BCUT2D eigenvalue weighted by atomic mass is 16.5. The lowest BCUT2D eigenvalue weighted by Crippen LogP contribution is -2.37. The highest BCUT2D eigenvalue weighted by molar-refractivity contribution is 5.94. The first kappa shape index (κ1) is 16.4. The minimum Gasteiger partial charge on any atom is -0.494 e. The van der Waals surface area contributed by atoms with E-state index in [1.807, 2.05) is 6.92 Å². The molecule has 1 fully saturated rings. The Balaban J connectivity index is 1.72. The predicted octanol–water partition coefficient (Wildman–Crippen LogP) is 1.16. The van der Waals surface area contributed by atoms with E-state index in [1.165, 1.54) is 13.4 Å². The molecule has 1 amide bonds. The monoisotopic (exact) mass is 331 g/mol. The molecule has 8 heteroatoms. The molecule has 3 rings (SSSR count). The number of aryl methyl sites for hydroxylation is 1. The first-order chi connectivity index (χ1) is 11.6. The third-order valence-corrected chi connectivity index (χ3v) is 4.21. The van der Waals surface area contributed by atoms with Crippen LogP contribution in [0.25, 0.3) is 0 Å². The molecule has 0 saturated carbocycles. The lowest BCUT2D eigenvalue weighted by molar-refractivity contribution is 0.0543. The Morgan fingerprint density at radius 1 is 1.50 bits per heavy atom. The van der Waals surface area contributed by atoms with Crippen molar-refractivity contribution in [2.45, 2.75) is 25.4 Å². The second kappa shape index (κ2) is 6.96. The Hall–Kier alpha value is -2.48. The average molecular weight is 331 g/mol. The maximum atomic E-state index is 12.7. The standard InChI is InChI=1S/C16H21N5O3/c1-10-6-12(23-3)14(17-7-10)16(22)21(2)8-13-11(4-5-24-13)15-18-9-19-20-15/h6-7,9,11,13H,4-5,8H2,1-3H3,(H,18,19,20)/t11-,13-/m1/s1. The molecule has 0 spiro atoms. The molecule has 1 aliphatic rings. The SMILES string of the molecule is COc1cc(C)cnc1C(=O)N(C)C[C@H]1OCC[C@H]1c1ncn[nH]1. The predicted molar refractivity (Wildman–Crippen MR) is 86.0 cm³/mol. The molecule has 2 aromatic heterocycles. The highest BCUT2D eigenvalue weighted by Crippen LogP contribution is 2.29. The van der Waals surface area contributed by atoms with Gasteiger partial charge in [0.2, 0.25) is 0 Å². The fourth-order valence-corrected chi connectivity index (χ4v) is 2.93. The number of hydrogen-bond acceptors (Lipinski definition) is 6. The number of amides is 1. The summed E-state index contributed by atoms with van der Waals surface area (Å²) in [5.74, 6) is 1.18. The Labute approximate surface area is 140 Å². The zero-order valence-corrected chi connectivity index (χ0v) is 14.0. The van der Waals surface area contributed by atoms with Crippen LogP contribution in [0.2, 0.25) is 0 Å². The molecule has 0 aromatic carbocycles. The largest absolute Gasteiger partial charge is 0.494 e. The van der Waals surface area contributed by atoms with Crippen LogP contribution in [0.1, 0.15) is 34.2 Å². The first-order valence-electron chi connectivity index (χ1n) is 7.83. The fourth-order valence-electron chi connectivity index (χ4n) is 2.93. The molecule has 3 heterocycles. The summed E-state index contributed by atoms with van der Waals surface area (Å²) in [5, 5.41) is 6.79. The summed E-state index contributed by atoms with van der Waals surface area (Å²) in [4.78, 5) is 22.8. The van der Waals surface area contributed by atoms with Gasteiger partial charge >= 0.3 is 0 Å². The summed E-state index contributed by atoms with van der Waals surface area (Å²) in [6, 6.07) is 1.80. The number of hydrogen-bond donors (Lipinski definition) is 1. The molecule has 2 atom stereocenters. The van der Waals surface area contributed by atoms with E-state index in [4.69, 9.17) is 9.47 Å². The fraction of sp³-hybridized carbons (Fsp3) is 0.500. The van der Waals surface area contributed by atoms with Gasteiger partial charge in [0.25, 0.3) is 5.91 Å². The van der Waals surface area contributed by atoms with Crippen molar-refractivity contribution in [1.29, 1.82) is 0 Å². The molecule has 1 N–H and O–H groups in total. The summed E-state index contributed by atoms with van der Waals surface area (Å²) in [7, 11) is 3.27. The smallest absolute Gasteiger partial charge is 0.276 e. The number of carbonyl (C=O) groups excluding carboxylic acids is 1. The van der Waals surface area contributed by atoms with Crippen LogP contribution in [0.3, 0.4) is 0 Å². The van der Waals surface area contributed by atoms with Crippen LogP contribution in [0.4, 0.5) is 0 Å². The summed E-state index contributed by atoms with van der Waals surface area (Å²) >= 11 is 0. The summed E-state index contributed by atoms with van der Waals surface area (Å²) in [6.45, 7) is 2.99. The number of rotatable bonds is 5. The highest BCUT2D eigenvalue weighted by Gasteiger charge is 2.34. The molecule has 0 unspecified atom stereocenters. The van der Waals surface area contributed by atoms with Gasteiger partial charge in [0.05, 0.1) is 13.2 Å². The molecule has 8 nitrogen and oxygen atoms in total. The molecule has 0 radical (unpaired) electrons. The summed E-state index contributed by atoms with van der Waals surface area (Å²) in [5.41, 5.74) is 1.25. The zero-order valence-electron chi connectivity index (χ0n) is 14.0. The molecule has 1 saturated heterocycles. The quantitative estimate of drug-likeness (QED) is 0.884. The Morgan fingerprint density at radius 2 is 2.33 bits per heavy atom. The number of H-pyrrole nitrogens is 1. The minimum atomic E-state index is -0.196. The van der Waals surface area contributed by atoms with Crippen molar-refractivity contribution < 1.29 is 14.3 Å². The minimum absolute atomic E-state index is 0.107. The number of methoxy groups -OCH3 is 1. The van der Waals surface area contributed by atoms with Gasteiger partial charge in [-0.3, -0.25) is 9.89 Å². The van der Waals surface area contributed by atoms with Crippen molar-refractivity contribution in [2.75, 3.05) is 27.3 Å². The number of aromatic amines is 1. The first-order valence-corrected chi connectivity index (χ1v) is 7.83. The Bertz CT molecular complexity index is 704. The number of aromatic nitrogens is 4. The van der Waals surface area contributed by atoms with E-state index < -0.39 is 0 Å². The van der Waals surface area contributed by atoms with Crippen molar-refractivity contribution >= 4 is 5.91 Å². The van der Waals surface area contributed by atoms with Crippen molar-refractivity contribution in [1.82, 2.24) is 25.1 Å². The van der Waals surface area contributed by atoms with Gasteiger partial charge < -0.3 is 14.4 Å². The third-order valence-electron chi connectivity index (χ3n) is 4.21. The summed E-state index contributed by atoms with van der Waals surface area (Å²) < 4.78 is 11.1. The average Bonchev–Trinajstić information content (AvgIpc) is 3.25. The van der Waals surface area contributed by atoms with E-state index in [0.717, 1.165) is 17.8 Å². The molecule has 24 heavy (non-hydrogen) atoms. The van der Waals surface area contributed by atoms with Crippen LogP contribution < -0.4 is 4.74 Å². The van der Waals surface area contributed by atoms with E-state index in [-0.39, 0.29) is 17.9 Å². The van der Waals surface area contributed by atoms with Crippen LogP contribution in [0.5, 0.6) is 5.75 Å². The molecule has 0 aliphatic carbocycles. The Morgan fingerprint density at radius 3 is 3.04 bits per heavy atom. The zero-order chi connectivity index (χ0) is 17.1. The maximum absolute atomic E-state index is 12.7. The summed E-state index contributed by atoms with van der Waals surface area (Å²) in [6.07, 6.45) is 3.88. The maximum Gasteiger partial charge on any atom is 0.276 e. The second-order valence-corrected chi connectivity index (χ2v) is 5.92.